The highest BCUT2D eigenvalue weighted by Crippen LogP contribution is 2.38. The zero-order valence-corrected chi connectivity index (χ0v) is 16.5. The Balaban J connectivity index is 1.46. The molecule has 0 atom stereocenters. The molecule has 2 aromatic rings. The van der Waals surface area contributed by atoms with Gasteiger partial charge in [-0.05, 0) is 52.4 Å². The summed E-state index contributed by atoms with van der Waals surface area (Å²) in [6.07, 6.45) is 6.35. The molecule has 7 heteroatoms. The van der Waals surface area contributed by atoms with Crippen molar-refractivity contribution in [3.8, 4) is 0 Å². The minimum Gasteiger partial charge on any atom is -0.408 e. The van der Waals surface area contributed by atoms with Gasteiger partial charge in [-0.3, -0.25) is 9.47 Å². The van der Waals surface area contributed by atoms with Crippen LogP contribution in [-0.2, 0) is 4.74 Å². The molecule has 2 heterocycles. The van der Waals surface area contributed by atoms with Crippen molar-refractivity contribution in [3.05, 3.63) is 34.3 Å². The number of hydrogen-bond donors (Lipinski definition) is 0. The van der Waals surface area contributed by atoms with Crippen LogP contribution in [0.5, 0.6) is 0 Å². The summed E-state index contributed by atoms with van der Waals surface area (Å²) in [6, 6.07) is 1.96. The van der Waals surface area contributed by atoms with Gasteiger partial charge in [-0.25, -0.2) is 13.6 Å². The molecule has 1 saturated carbocycles. The Morgan fingerprint density at radius 2 is 1.79 bits per heavy atom. The van der Waals surface area contributed by atoms with E-state index in [1.54, 1.807) is 0 Å². The normalized spacial score (nSPS) is 27.5. The van der Waals surface area contributed by atoms with Crippen molar-refractivity contribution >= 4 is 11.1 Å². The molecule has 0 unspecified atom stereocenters. The maximum absolute atomic E-state index is 13.7. The first kappa shape index (κ1) is 19.6. The number of oxazole rings is 1. The van der Waals surface area contributed by atoms with E-state index >= 15 is 0 Å². The number of nitrogens with zero attached hydrogens (tertiary/aromatic N) is 2. The fourth-order valence-electron chi connectivity index (χ4n) is 4.97. The second-order valence-electron chi connectivity index (χ2n) is 8.34. The minimum atomic E-state index is -1.00. The first-order valence-corrected chi connectivity index (χ1v) is 10.3. The van der Waals surface area contributed by atoms with Gasteiger partial charge >= 0.3 is 5.76 Å². The van der Waals surface area contributed by atoms with E-state index in [-0.39, 0.29) is 17.2 Å². The molecule has 0 radical (unpaired) electrons. The van der Waals surface area contributed by atoms with E-state index in [4.69, 9.17) is 9.15 Å². The van der Waals surface area contributed by atoms with Crippen LogP contribution in [0.4, 0.5) is 8.78 Å². The van der Waals surface area contributed by atoms with Gasteiger partial charge in [0.15, 0.2) is 17.2 Å². The van der Waals surface area contributed by atoms with E-state index in [0.717, 1.165) is 70.4 Å². The topological polar surface area (TPSA) is 47.6 Å². The molecule has 2 aliphatic rings. The monoisotopic (exact) mass is 394 g/mol. The second kappa shape index (κ2) is 7.59. The van der Waals surface area contributed by atoms with Crippen molar-refractivity contribution in [3.63, 3.8) is 0 Å². The maximum Gasteiger partial charge on any atom is 0.420 e. The lowest BCUT2D eigenvalue weighted by molar-refractivity contribution is -0.0274. The zero-order chi connectivity index (χ0) is 19.9. The van der Waals surface area contributed by atoms with Crippen LogP contribution in [-0.4, -0.2) is 40.8 Å². The molecular formula is C21H28F2N2O3. The number of halogens is 2. The summed E-state index contributed by atoms with van der Waals surface area (Å²) in [5.74, 6) is -2.50. The van der Waals surface area contributed by atoms with E-state index in [0.29, 0.717) is 11.6 Å². The van der Waals surface area contributed by atoms with Crippen LogP contribution in [0.1, 0.15) is 58.4 Å². The number of hydrogen-bond acceptors (Lipinski definition) is 4. The third kappa shape index (κ3) is 3.50. The molecule has 154 valence electrons. The summed E-state index contributed by atoms with van der Waals surface area (Å²) < 4.78 is 39.6. The third-order valence-corrected chi connectivity index (χ3v) is 6.66. The van der Waals surface area contributed by atoms with Crippen molar-refractivity contribution in [1.29, 1.82) is 0 Å². The lowest BCUT2D eigenvalue weighted by Gasteiger charge is -2.48. The molecule has 2 fully saturated rings. The maximum atomic E-state index is 13.7. The number of aromatic nitrogens is 1. The molecule has 28 heavy (non-hydrogen) atoms. The highest BCUT2D eigenvalue weighted by Gasteiger charge is 2.38. The van der Waals surface area contributed by atoms with Gasteiger partial charge < -0.3 is 9.15 Å². The predicted molar refractivity (Wildman–Crippen MR) is 103 cm³/mol. The SMILES string of the molecule is CCOC1CCC(C)(N2CCC(n3c(=O)oc4cc(F)c(F)cc43)CC2)CC1. The standard InChI is InChI=1S/C21H28F2N2O3/c1-3-27-15-4-8-21(2,9-5-15)24-10-6-14(7-11-24)25-18-12-16(22)17(23)13-19(18)28-20(25)26/h12-15H,3-11H2,1-2H3. The van der Waals surface area contributed by atoms with E-state index in [1.165, 1.54) is 4.57 Å². The van der Waals surface area contributed by atoms with Crippen molar-refractivity contribution in [2.24, 2.45) is 0 Å². The van der Waals surface area contributed by atoms with E-state index in [9.17, 15) is 13.6 Å². The summed E-state index contributed by atoms with van der Waals surface area (Å²) in [4.78, 5) is 14.9. The quantitative estimate of drug-likeness (QED) is 0.778. The Bertz CT molecular complexity index is 891. The number of benzene rings is 1. The molecule has 0 amide bonds. The number of ether oxygens (including phenoxy) is 1. The Morgan fingerprint density at radius 1 is 1.14 bits per heavy atom. The Hall–Kier alpha value is -1.73. The number of fused-ring (bicyclic) bond motifs is 1. The van der Waals surface area contributed by atoms with Gasteiger partial charge in [0.1, 0.15) is 0 Å². The average molecular weight is 394 g/mol. The van der Waals surface area contributed by atoms with E-state index in [1.807, 2.05) is 6.92 Å². The number of piperidine rings is 1. The van der Waals surface area contributed by atoms with Crippen LogP contribution in [0.25, 0.3) is 11.1 Å². The third-order valence-electron chi connectivity index (χ3n) is 6.66. The van der Waals surface area contributed by atoms with Gasteiger partial charge in [-0.1, -0.05) is 0 Å². The fourth-order valence-corrected chi connectivity index (χ4v) is 4.97. The largest absolute Gasteiger partial charge is 0.420 e. The average Bonchev–Trinajstić information content (AvgIpc) is 2.99. The van der Waals surface area contributed by atoms with Gasteiger partial charge in [0.25, 0.3) is 0 Å². The van der Waals surface area contributed by atoms with Gasteiger partial charge in [-0.2, -0.15) is 0 Å². The van der Waals surface area contributed by atoms with Crippen LogP contribution in [0.3, 0.4) is 0 Å². The van der Waals surface area contributed by atoms with Crippen LogP contribution >= 0.6 is 0 Å². The zero-order valence-electron chi connectivity index (χ0n) is 16.5. The molecule has 5 nitrogen and oxygen atoms in total. The molecule has 4 rings (SSSR count). The lowest BCUT2D eigenvalue weighted by atomic mass is 9.79. The Morgan fingerprint density at radius 3 is 2.43 bits per heavy atom. The number of rotatable bonds is 4. The van der Waals surface area contributed by atoms with Gasteiger partial charge in [0.05, 0.1) is 11.6 Å². The Kier molecular flexibility index (Phi) is 5.31. The van der Waals surface area contributed by atoms with Crippen LogP contribution in [0.15, 0.2) is 21.3 Å². The molecule has 1 aliphatic heterocycles. The summed E-state index contributed by atoms with van der Waals surface area (Å²) in [5.41, 5.74) is 0.607. The summed E-state index contributed by atoms with van der Waals surface area (Å²) in [5, 5.41) is 0. The summed E-state index contributed by atoms with van der Waals surface area (Å²) >= 11 is 0. The molecule has 1 saturated heterocycles. The van der Waals surface area contributed by atoms with Crippen LogP contribution < -0.4 is 5.76 Å². The summed E-state index contributed by atoms with van der Waals surface area (Å²) in [7, 11) is 0. The molecule has 0 bridgehead atoms. The molecule has 0 spiro atoms. The second-order valence-corrected chi connectivity index (χ2v) is 8.34. The van der Waals surface area contributed by atoms with Crippen LogP contribution in [0.2, 0.25) is 0 Å². The van der Waals surface area contributed by atoms with Crippen molar-refractivity contribution in [2.75, 3.05) is 19.7 Å². The fraction of sp³-hybridized carbons (Fsp3) is 0.667. The van der Waals surface area contributed by atoms with Crippen molar-refractivity contribution in [2.45, 2.75) is 70.1 Å². The molecule has 1 aliphatic carbocycles. The molecule has 1 aromatic carbocycles. The predicted octanol–water partition coefficient (Wildman–Crippen LogP) is 4.25. The number of likely N-dealkylation sites (tertiary alicyclic amines) is 1. The minimum absolute atomic E-state index is 0.0572. The molecule has 0 N–H and O–H groups in total. The lowest BCUT2D eigenvalue weighted by Crippen LogP contribution is -2.52. The molecular weight excluding hydrogens is 366 g/mol. The highest BCUT2D eigenvalue weighted by molar-refractivity contribution is 5.73. The first-order valence-electron chi connectivity index (χ1n) is 10.3. The van der Waals surface area contributed by atoms with Gasteiger partial charge in [0, 0.05) is 43.4 Å². The van der Waals surface area contributed by atoms with Gasteiger partial charge in [0.2, 0.25) is 0 Å². The van der Waals surface area contributed by atoms with Gasteiger partial charge in [-0.15, -0.1) is 0 Å². The van der Waals surface area contributed by atoms with Crippen LogP contribution in [0, 0.1) is 11.6 Å². The van der Waals surface area contributed by atoms with Crippen molar-refractivity contribution in [1.82, 2.24) is 9.47 Å². The van der Waals surface area contributed by atoms with Crippen molar-refractivity contribution < 1.29 is 17.9 Å². The van der Waals surface area contributed by atoms with E-state index in [2.05, 4.69) is 11.8 Å². The Labute approximate surface area is 163 Å². The first-order chi connectivity index (χ1) is 13.4. The molecule has 1 aromatic heterocycles. The smallest absolute Gasteiger partial charge is 0.408 e. The summed E-state index contributed by atoms with van der Waals surface area (Å²) in [6.45, 7) is 6.89. The highest BCUT2D eigenvalue weighted by atomic mass is 19.2. The van der Waals surface area contributed by atoms with E-state index < -0.39 is 17.4 Å².